The number of sulfonamides is 1. The minimum Gasteiger partial charge on any atom is -0.478 e. The zero-order valence-electron chi connectivity index (χ0n) is 11.2. The molecule has 0 aliphatic heterocycles. The zero-order valence-corrected chi connectivity index (χ0v) is 12.0. The molecular weight excluding hydrogens is 292 g/mol. The maximum absolute atomic E-state index is 12.2. The highest BCUT2D eigenvalue weighted by Crippen LogP contribution is 2.15. The molecule has 7 heteroatoms. The highest BCUT2D eigenvalue weighted by Gasteiger charge is 2.20. The van der Waals surface area contributed by atoms with Crippen molar-refractivity contribution in [1.29, 1.82) is 0 Å². The molecule has 0 saturated heterocycles. The van der Waals surface area contributed by atoms with E-state index >= 15 is 0 Å². The molecule has 0 amide bonds. The average Bonchev–Trinajstić information content (AvgIpc) is 2.48. The third-order valence-electron chi connectivity index (χ3n) is 2.89. The normalized spacial score (nSPS) is 12.8. The van der Waals surface area contributed by atoms with E-state index in [0.717, 1.165) is 11.8 Å². The Bertz CT molecular complexity index is 727. The van der Waals surface area contributed by atoms with E-state index in [-0.39, 0.29) is 10.6 Å². The summed E-state index contributed by atoms with van der Waals surface area (Å²) in [6.45, 7) is 1.72. The van der Waals surface area contributed by atoms with Crippen LogP contribution >= 0.6 is 0 Å². The number of hydrogen-bond donors (Lipinski definition) is 2. The van der Waals surface area contributed by atoms with Gasteiger partial charge in [0.05, 0.1) is 5.56 Å². The van der Waals surface area contributed by atoms with E-state index < -0.39 is 22.0 Å². The Morgan fingerprint density at radius 3 is 2.38 bits per heavy atom. The van der Waals surface area contributed by atoms with Crippen molar-refractivity contribution in [3.8, 4) is 0 Å². The summed E-state index contributed by atoms with van der Waals surface area (Å²) in [6, 6.07) is 11.1. The summed E-state index contributed by atoms with van der Waals surface area (Å²) < 4.78 is 26.9. The molecule has 0 unspecified atom stereocenters. The number of nitrogens with zero attached hydrogens (tertiary/aromatic N) is 1. The van der Waals surface area contributed by atoms with Gasteiger partial charge in [-0.1, -0.05) is 30.3 Å². The molecule has 0 aliphatic carbocycles. The number of benzene rings is 1. The molecule has 0 radical (unpaired) electrons. The maximum atomic E-state index is 12.2. The predicted molar refractivity (Wildman–Crippen MR) is 76.4 cm³/mol. The molecule has 1 aromatic heterocycles. The zero-order chi connectivity index (χ0) is 15.5. The molecular formula is C14H14N2O4S. The summed E-state index contributed by atoms with van der Waals surface area (Å²) in [5, 5.41) is 8.55. The van der Waals surface area contributed by atoms with Gasteiger partial charge in [-0.3, -0.25) is 0 Å². The van der Waals surface area contributed by atoms with Crippen molar-refractivity contribution in [3.63, 3.8) is 0 Å². The molecule has 0 spiro atoms. The Morgan fingerprint density at radius 1 is 1.19 bits per heavy atom. The molecule has 0 fully saturated rings. The molecule has 0 saturated carbocycles. The second-order valence-electron chi connectivity index (χ2n) is 4.44. The van der Waals surface area contributed by atoms with Crippen molar-refractivity contribution in [2.24, 2.45) is 0 Å². The highest BCUT2D eigenvalue weighted by atomic mass is 32.2. The van der Waals surface area contributed by atoms with Gasteiger partial charge in [0, 0.05) is 12.2 Å². The van der Waals surface area contributed by atoms with Crippen LogP contribution in [0.1, 0.15) is 28.9 Å². The third-order valence-corrected chi connectivity index (χ3v) is 4.35. The topological polar surface area (TPSA) is 96.4 Å². The lowest BCUT2D eigenvalue weighted by atomic mass is 10.1. The molecule has 21 heavy (non-hydrogen) atoms. The van der Waals surface area contributed by atoms with Gasteiger partial charge in [0.1, 0.15) is 0 Å². The molecule has 6 nitrogen and oxygen atoms in total. The fourth-order valence-corrected chi connectivity index (χ4v) is 2.93. The van der Waals surface area contributed by atoms with Crippen molar-refractivity contribution in [2.45, 2.75) is 18.0 Å². The second-order valence-corrected chi connectivity index (χ2v) is 6.10. The van der Waals surface area contributed by atoms with Gasteiger partial charge in [0.15, 0.2) is 5.03 Å². The van der Waals surface area contributed by atoms with Gasteiger partial charge in [0.25, 0.3) is 10.0 Å². The van der Waals surface area contributed by atoms with E-state index in [9.17, 15) is 13.2 Å². The molecule has 1 atom stereocenters. The smallest absolute Gasteiger partial charge is 0.337 e. The summed E-state index contributed by atoms with van der Waals surface area (Å²) in [5.41, 5.74) is 0.758. The van der Waals surface area contributed by atoms with Crippen LogP contribution in [0.5, 0.6) is 0 Å². The lowest BCUT2D eigenvalue weighted by Gasteiger charge is -2.14. The summed E-state index contributed by atoms with van der Waals surface area (Å²) in [7, 11) is -3.80. The fraction of sp³-hybridized carbons (Fsp3) is 0.143. The summed E-state index contributed by atoms with van der Waals surface area (Å²) in [5.74, 6) is -1.16. The summed E-state index contributed by atoms with van der Waals surface area (Å²) in [6.07, 6.45) is 1.02. The van der Waals surface area contributed by atoms with Crippen molar-refractivity contribution < 1.29 is 18.3 Å². The van der Waals surface area contributed by atoms with E-state index in [1.165, 1.54) is 12.1 Å². The first-order valence-corrected chi connectivity index (χ1v) is 7.65. The van der Waals surface area contributed by atoms with Crippen LogP contribution in [0.25, 0.3) is 0 Å². The standard InChI is InChI=1S/C14H14N2O4S/c1-10(11-5-3-2-4-6-11)16-21(19,20)13-8-7-12(9-15-13)14(17)18/h2-10,16H,1H3,(H,17,18)/t10-/m1/s1. The first-order valence-electron chi connectivity index (χ1n) is 6.17. The van der Waals surface area contributed by atoms with E-state index in [2.05, 4.69) is 9.71 Å². The maximum Gasteiger partial charge on any atom is 0.337 e. The number of carbonyl (C=O) groups is 1. The van der Waals surface area contributed by atoms with Gasteiger partial charge in [-0.25, -0.2) is 22.9 Å². The monoisotopic (exact) mass is 306 g/mol. The minimum absolute atomic E-state index is 0.0648. The van der Waals surface area contributed by atoms with Crippen molar-refractivity contribution in [3.05, 3.63) is 59.8 Å². The van der Waals surface area contributed by atoms with Crippen LogP contribution in [0.4, 0.5) is 0 Å². The number of carboxylic acid groups (broad SMARTS) is 1. The molecule has 1 heterocycles. The number of aromatic nitrogens is 1. The van der Waals surface area contributed by atoms with Gasteiger partial charge < -0.3 is 5.11 Å². The van der Waals surface area contributed by atoms with Crippen LogP contribution in [0.15, 0.2) is 53.7 Å². The van der Waals surface area contributed by atoms with Gasteiger partial charge in [-0.15, -0.1) is 0 Å². The SMILES string of the molecule is C[C@@H](NS(=O)(=O)c1ccc(C(=O)O)cn1)c1ccccc1. The second kappa shape index (κ2) is 6.02. The molecule has 1 aromatic carbocycles. The van der Waals surface area contributed by atoms with E-state index in [1.54, 1.807) is 6.92 Å². The van der Waals surface area contributed by atoms with Gasteiger partial charge in [0.2, 0.25) is 0 Å². The molecule has 110 valence electrons. The van der Waals surface area contributed by atoms with Gasteiger partial charge >= 0.3 is 5.97 Å². The molecule has 2 rings (SSSR count). The first-order chi connectivity index (χ1) is 9.90. The number of pyridine rings is 1. The van der Waals surface area contributed by atoms with Crippen LogP contribution in [-0.2, 0) is 10.0 Å². The lowest BCUT2D eigenvalue weighted by Crippen LogP contribution is -2.27. The van der Waals surface area contributed by atoms with E-state index in [1.807, 2.05) is 30.3 Å². The fourth-order valence-electron chi connectivity index (χ4n) is 1.77. The van der Waals surface area contributed by atoms with Crippen LogP contribution in [-0.4, -0.2) is 24.5 Å². The van der Waals surface area contributed by atoms with Crippen molar-refractivity contribution >= 4 is 16.0 Å². The average molecular weight is 306 g/mol. The Morgan fingerprint density at radius 2 is 1.86 bits per heavy atom. The van der Waals surface area contributed by atoms with Crippen LogP contribution in [0, 0.1) is 0 Å². The minimum atomic E-state index is -3.80. The van der Waals surface area contributed by atoms with Crippen molar-refractivity contribution in [1.82, 2.24) is 9.71 Å². The Hall–Kier alpha value is -2.25. The molecule has 2 aromatic rings. The molecule has 0 aliphatic rings. The summed E-state index contributed by atoms with van der Waals surface area (Å²) in [4.78, 5) is 14.4. The third kappa shape index (κ3) is 3.65. The Labute approximate surface area is 122 Å². The lowest BCUT2D eigenvalue weighted by molar-refractivity contribution is 0.0696. The van der Waals surface area contributed by atoms with E-state index in [4.69, 9.17) is 5.11 Å². The largest absolute Gasteiger partial charge is 0.478 e. The van der Waals surface area contributed by atoms with Crippen LogP contribution in [0.2, 0.25) is 0 Å². The van der Waals surface area contributed by atoms with Crippen LogP contribution in [0.3, 0.4) is 0 Å². The number of hydrogen-bond acceptors (Lipinski definition) is 4. The van der Waals surface area contributed by atoms with Gasteiger partial charge in [-0.2, -0.15) is 0 Å². The van der Waals surface area contributed by atoms with Gasteiger partial charge in [-0.05, 0) is 24.6 Å². The van der Waals surface area contributed by atoms with E-state index in [0.29, 0.717) is 0 Å². The Balaban J connectivity index is 2.20. The quantitative estimate of drug-likeness (QED) is 0.878. The number of nitrogens with one attached hydrogen (secondary N) is 1. The number of carboxylic acids is 1. The Kier molecular flexibility index (Phi) is 4.35. The first kappa shape index (κ1) is 15.1. The number of aromatic carboxylic acids is 1. The van der Waals surface area contributed by atoms with Crippen molar-refractivity contribution in [2.75, 3.05) is 0 Å². The van der Waals surface area contributed by atoms with Crippen LogP contribution < -0.4 is 4.72 Å². The molecule has 2 N–H and O–H groups in total. The predicted octanol–water partition coefficient (Wildman–Crippen LogP) is 1.82. The number of rotatable bonds is 5. The molecule has 0 bridgehead atoms. The summed E-state index contributed by atoms with van der Waals surface area (Å²) >= 11 is 0. The highest BCUT2D eigenvalue weighted by molar-refractivity contribution is 7.89.